The number of carboxylic acids is 1. The predicted octanol–water partition coefficient (Wildman–Crippen LogP) is 1.05. The lowest BCUT2D eigenvalue weighted by molar-refractivity contribution is -0.535. The number of Topliss-reactive ketones (excluding diaryl/α,β-unsaturated/α-hetero) is 1. The van der Waals surface area contributed by atoms with Crippen LogP contribution in [0.5, 0.6) is 0 Å². The Morgan fingerprint density at radius 2 is 1.76 bits per heavy atom. The van der Waals surface area contributed by atoms with Gasteiger partial charge in [-0.25, -0.2) is 0 Å². The van der Waals surface area contributed by atoms with Crippen LogP contribution in [-0.2, 0) is 9.59 Å². The molecule has 0 spiro atoms. The van der Waals surface area contributed by atoms with Crippen LogP contribution in [0.2, 0.25) is 0 Å². The van der Waals surface area contributed by atoms with Crippen LogP contribution in [0.15, 0.2) is 24.3 Å². The molecule has 0 heterocycles. The molecule has 17 heavy (non-hydrogen) atoms. The molecule has 92 valence electrons. The Morgan fingerprint density at radius 3 is 2.12 bits per heavy atom. The molecular formula is C11H13NO5. The number of ketones is 1. The van der Waals surface area contributed by atoms with Crippen molar-refractivity contribution in [3.8, 4) is 0 Å². The van der Waals surface area contributed by atoms with Crippen LogP contribution in [0.25, 0.3) is 0 Å². The SMILES string of the molecule is CC(=O)C1C=CC(C)([N+](=O)[O-])C=CC1C(=O)O. The van der Waals surface area contributed by atoms with Crippen LogP contribution in [0.3, 0.4) is 0 Å². The average molecular weight is 239 g/mol. The maximum absolute atomic E-state index is 11.3. The summed E-state index contributed by atoms with van der Waals surface area (Å²) in [5, 5.41) is 19.8. The molecule has 0 saturated carbocycles. The number of aliphatic carboxylic acids is 1. The van der Waals surface area contributed by atoms with Gasteiger partial charge in [-0.15, -0.1) is 0 Å². The van der Waals surface area contributed by atoms with Gasteiger partial charge in [0.2, 0.25) is 0 Å². The minimum absolute atomic E-state index is 0.328. The van der Waals surface area contributed by atoms with E-state index in [-0.39, 0.29) is 5.78 Å². The highest BCUT2D eigenvalue weighted by Gasteiger charge is 2.37. The van der Waals surface area contributed by atoms with Crippen LogP contribution in [-0.4, -0.2) is 27.3 Å². The Morgan fingerprint density at radius 1 is 1.29 bits per heavy atom. The van der Waals surface area contributed by atoms with E-state index in [0.29, 0.717) is 0 Å². The van der Waals surface area contributed by atoms with Gasteiger partial charge in [0.25, 0.3) is 5.54 Å². The van der Waals surface area contributed by atoms with E-state index >= 15 is 0 Å². The van der Waals surface area contributed by atoms with E-state index in [0.717, 1.165) is 0 Å². The number of hydrogen-bond donors (Lipinski definition) is 1. The predicted molar refractivity (Wildman–Crippen MR) is 59.0 cm³/mol. The van der Waals surface area contributed by atoms with Crippen molar-refractivity contribution in [2.24, 2.45) is 11.8 Å². The zero-order valence-corrected chi connectivity index (χ0v) is 9.49. The first-order valence-electron chi connectivity index (χ1n) is 5.04. The molecule has 1 N–H and O–H groups in total. The van der Waals surface area contributed by atoms with Crippen LogP contribution >= 0.6 is 0 Å². The average Bonchev–Trinajstić information content (AvgIpc) is 2.38. The van der Waals surface area contributed by atoms with Gasteiger partial charge < -0.3 is 5.11 Å². The highest BCUT2D eigenvalue weighted by Crippen LogP contribution is 2.26. The van der Waals surface area contributed by atoms with Crippen molar-refractivity contribution in [2.75, 3.05) is 0 Å². The molecule has 0 aromatic heterocycles. The Hall–Kier alpha value is -1.98. The van der Waals surface area contributed by atoms with Crippen molar-refractivity contribution in [1.82, 2.24) is 0 Å². The first-order valence-corrected chi connectivity index (χ1v) is 5.04. The summed E-state index contributed by atoms with van der Waals surface area (Å²) in [6.45, 7) is 2.62. The summed E-state index contributed by atoms with van der Waals surface area (Å²) in [4.78, 5) is 32.7. The maximum atomic E-state index is 11.3. The van der Waals surface area contributed by atoms with E-state index in [1.807, 2.05) is 0 Å². The van der Waals surface area contributed by atoms with Crippen molar-refractivity contribution in [3.05, 3.63) is 34.4 Å². The number of allylic oxidation sites excluding steroid dienone is 1. The molecule has 1 rings (SSSR count). The van der Waals surface area contributed by atoms with Gasteiger partial charge in [-0.2, -0.15) is 0 Å². The summed E-state index contributed by atoms with van der Waals surface area (Å²) in [5.74, 6) is -3.40. The summed E-state index contributed by atoms with van der Waals surface area (Å²) in [7, 11) is 0. The van der Waals surface area contributed by atoms with Gasteiger partial charge in [0, 0.05) is 11.8 Å². The minimum atomic E-state index is -1.46. The molecule has 0 saturated heterocycles. The minimum Gasteiger partial charge on any atom is -0.481 e. The van der Waals surface area contributed by atoms with Gasteiger partial charge in [-0.05, 0) is 19.1 Å². The van der Waals surface area contributed by atoms with Gasteiger partial charge in [-0.1, -0.05) is 12.2 Å². The highest BCUT2D eigenvalue weighted by molar-refractivity contribution is 5.87. The van der Waals surface area contributed by atoms with Crippen LogP contribution in [0.1, 0.15) is 13.8 Å². The standard InChI is InChI=1S/C11H13NO5/c1-7(13)8-3-5-11(2,12(16)17)6-4-9(8)10(14)15/h3-6,8-9H,1-2H3,(H,14,15). The third kappa shape index (κ3) is 2.58. The second kappa shape index (κ2) is 4.48. The third-order valence-corrected chi connectivity index (χ3v) is 2.82. The summed E-state index contributed by atoms with van der Waals surface area (Å²) < 4.78 is 0. The van der Waals surface area contributed by atoms with Crippen LogP contribution in [0, 0.1) is 22.0 Å². The number of nitrogens with zero attached hydrogens (tertiary/aromatic N) is 1. The highest BCUT2D eigenvalue weighted by atomic mass is 16.6. The largest absolute Gasteiger partial charge is 0.481 e. The lowest BCUT2D eigenvalue weighted by atomic mass is 9.89. The third-order valence-electron chi connectivity index (χ3n) is 2.82. The first kappa shape index (κ1) is 13.1. The van der Waals surface area contributed by atoms with E-state index < -0.39 is 28.3 Å². The molecular weight excluding hydrogens is 226 g/mol. The molecule has 0 bridgehead atoms. The summed E-state index contributed by atoms with van der Waals surface area (Å²) >= 11 is 0. The fourth-order valence-electron chi connectivity index (χ4n) is 1.64. The summed E-state index contributed by atoms with van der Waals surface area (Å²) in [6.07, 6.45) is 5.00. The van der Waals surface area contributed by atoms with E-state index in [2.05, 4.69) is 0 Å². The molecule has 0 aromatic carbocycles. The summed E-state index contributed by atoms with van der Waals surface area (Å²) in [5.41, 5.74) is -1.46. The number of carbonyl (C=O) groups is 2. The Labute approximate surface area is 97.8 Å². The molecule has 0 fully saturated rings. The topological polar surface area (TPSA) is 97.5 Å². The fraction of sp³-hybridized carbons (Fsp3) is 0.455. The van der Waals surface area contributed by atoms with E-state index in [4.69, 9.17) is 5.11 Å². The second-order valence-electron chi connectivity index (χ2n) is 4.20. The molecule has 1 aliphatic rings. The van der Waals surface area contributed by atoms with Gasteiger partial charge in [0.1, 0.15) is 5.78 Å². The normalized spacial score (nSPS) is 31.9. The molecule has 6 heteroatoms. The van der Waals surface area contributed by atoms with E-state index in [1.165, 1.54) is 38.2 Å². The Balaban J connectivity index is 3.21. The number of rotatable bonds is 3. The molecule has 0 aliphatic heterocycles. The molecule has 3 unspecified atom stereocenters. The van der Waals surface area contributed by atoms with Crippen molar-refractivity contribution < 1.29 is 19.6 Å². The number of carboxylic acid groups (broad SMARTS) is 1. The zero-order valence-electron chi connectivity index (χ0n) is 9.49. The van der Waals surface area contributed by atoms with Crippen molar-refractivity contribution in [2.45, 2.75) is 19.4 Å². The Kier molecular flexibility index (Phi) is 3.45. The van der Waals surface area contributed by atoms with Crippen molar-refractivity contribution in [1.29, 1.82) is 0 Å². The van der Waals surface area contributed by atoms with Crippen LogP contribution < -0.4 is 0 Å². The zero-order chi connectivity index (χ0) is 13.2. The van der Waals surface area contributed by atoms with Gasteiger partial charge in [0.05, 0.1) is 11.8 Å². The smallest absolute Gasteiger partial charge is 0.311 e. The summed E-state index contributed by atoms with van der Waals surface area (Å²) in [6, 6.07) is 0. The maximum Gasteiger partial charge on any atom is 0.311 e. The fourth-order valence-corrected chi connectivity index (χ4v) is 1.64. The molecule has 1 aliphatic carbocycles. The molecule has 0 amide bonds. The second-order valence-corrected chi connectivity index (χ2v) is 4.20. The Bertz CT molecular complexity index is 394. The van der Waals surface area contributed by atoms with Crippen LogP contribution in [0.4, 0.5) is 0 Å². The molecule has 6 nitrogen and oxygen atoms in total. The van der Waals surface area contributed by atoms with E-state index in [1.54, 1.807) is 0 Å². The lowest BCUT2D eigenvalue weighted by Gasteiger charge is -2.13. The van der Waals surface area contributed by atoms with Gasteiger partial charge in [0.15, 0.2) is 0 Å². The quantitative estimate of drug-likeness (QED) is 0.451. The number of hydrogen-bond acceptors (Lipinski definition) is 4. The van der Waals surface area contributed by atoms with Crippen molar-refractivity contribution in [3.63, 3.8) is 0 Å². The number of nitro groups is 1. The molecule has 3 atom stereocenters. The van der Waals surface area contributed by atoms with E-state index in [9.17, 15) is 19.7 Å². The number of carbonyl (C=O) groups excluding carboxylic acids is 1. The van der Waals surface area contributed by atoms with Gasteiger partial charge >= 0.3 is 5.97 Å². The molecule has 0 aromatic rings. The van der Waals surface area contributed by atoms with Gasteiger partial charge in [-0.3, -0.25) is 19.7 Å². The molecule has 0 radical (unpaired) electrons. The monoisotopic (exact) mass is 239 g/mol. The lowest BCUT2D eigenvalue weighted by Crippen LogP contribution is -2.29. The van der Waals surface area contributed by atoms with Crippen molar-refractivity contribution >= 4 is 11.8 Å². The first-order chi connectivity index (χ1) is 7.78.